The molecule has 1 amide bonds. The first-order valence-corrected chi connectivity index (χ1v) is 10.1. The van der Waals surface area contributed by atoms with E-state index in [1.54, 1.807) is 7.11 Å². The highest BCUT2D eigenvalue weighted by Gasteiger charge is 2.25. The fraction of sp³-hybridized carbons (Fsp3) is 0.200. The van der Waals surface area contributed by atoms with Gasteiger partial charge in [-0.15, -0.1) is 0 Å². The molecule has 0 saturated carbocycles. The van der Waals surface area contributed by atoms with E-state index in [0.29, 0.717) is 18.5 Å². The van der Waals surface area contributed by atoms with Gasteiger partial charge in [0, 0.05) is 12.1 Å². The monoisotopic (exact) mass is 416 g/mol. The standard InChI is InChI=1S/C25H24N2O4/c1-30-19-4-2-3-16(11-19)17-12-21-20-6-5-15(10-24(28)31-8-7-26)9-18(20)14-22(21)23(13-17)25(27)29/h2-6,9,11-13H,7-8,10,14,26H2,1H3,(H2,27,29). The van der Waals surface area contributed by atoms with Crippen LogP contribution in [0.15, 0.2) is 54.6 Å². The Labute approximate surface area is 180 Å². The van der Waals surface area contributed by atoms with Crippen LogP contribution >= 0.6 is 0 Å². The van der Waals surface area contributed by atoms with Gasteiger partial charge in [0.05, 0.1) is 13.5 Å². The van der Waals surface area contributed by atoms with Crippen LogP contribution in [-0.4, -0.2) is 32.1 Å². The van der Waals surface area contributed by atoms with Crippen molar-refractivity contribution in [3.05, 3.63) is 76.9 Å². The maximum absolute atomic E-state index is 12.3. The van der Waals surface area contributed by atoms with Crippen LogP contribution < -0.4 is 16.2 Å². The lowest BCUT2D eigenvalue weighted by Crippen LogP contribution is -2.15. The minimum Gasteiger partial charge on any atom is -0.497 e. The minimum absolute atomic E-state index is 0.182. The lowest BCUT2D eigenvalue weighted by atomic mass is 9.94. The van der Waals surface area contributed by atoms with Crippen molar-refractivity contribution in [1.82, 2.24) is 0 Å². The Kier molecular flexibility index (Phi) is 5.73. The molecule has 0 aromatic heterocycles. The van der Waals surface area contributed by atoms with E-state index < -0.39 is 5.91 Å². The lowest BCUT2D eigenvalue weighted by Gasteiger charge is -2.11. The SMILES string of the molecule is COc1cccc(-c2cc(C(N)=O)c3c(c2)-c2ccc(CC(=O)OCCN)cc2C3)c1. The van der Waals surface area contributed by atoms with Crippen molar-refractivity contribution in [2.45, 2.75) is 12.8 Å². The molecule has 0 spiro atoms. The number of ether oxygens (including phenoxy) is 2. The summed E-state index contributed by atoms with van der Waals surface area (Å²) < 4.78 is 10.4. The molecule has 4 N–H and O–H groups in total. The molecule has 0 radical (unpaired) electrons. The predicted octanol–water partition coefficient (Wildman–Crippen LogP) is 3.08. The third-order valence-corrected chi connectivity index (χ3v) is 5.47. The Bertz CT molecular complexity index is 1170. The summed E-state index contributed by atoms with van der Waals surface area (Å²) in [6, 6.07) is 17.5. The van der Waals surface area contributed by atoms with Crippen molar-refractivity contribution in [1.29, 1.82) is 0 Å². The molecular formula is C25H24N2O4. The summed E-state index contributed by atoms with van der Waals surface area (Å²) in [6.07, 6.45) is 0.772. The molecule has 0 saturated heterocycles. The van der Waals surface area contributed by atoms with Gasteiger partial charge < -0.3 is 20.9 Å². The van der Waals surface area contributed by atoms with Crippen LogP contribution in [0.5, 0.6) is 5.75 Å². The van der Waals surface area contributed by atoms with Crippen LogP contribution in [0.3, 0.4) is 0 Å². The van der Waals surface area contributed by atoms with Crippen LogP contribution in [0.25, 0.3) is 22.3 Å². The zero-order valence-electron chi connectivity index (χ0n) is 17.3. The molecule has 31 heavy (non-hydrogen) atoms. The van der Waals surface area contributed by atoms with Gasteiger partial charge in [0.15, 0.2) is 0 Å². The number of carbonyl (C=O) groups excluding carboxylic acids is 2. The van der Waals surface area contributed by atoms with Gasteiger partial charge in [-0.05, 0) is 69.6 Å². The highest BCUT2D eigenvalue weighted by atomic mass is 16.5. The van der Waals surface area contributed by atoms with E-state index in [1.807, 2.05) is 48.5 Å². The number of esters is 1. The molecule has 1 aliphatic rings. The molecule has 158 valence electrons. The first kappa shape index (κ1) is 20.6. The van der Waals surface area contributed by atoms with Gasteiger partial charge in [0.1, 0.15) is 12.4 Å². The van der Waals surface area contributed by atoms with Gasteiger partial charge in [-0.3, -0.25) is 9.59 Å². The fourth-order valence-electron chi connectivity index (χ4n) is 4.04. The van der Waals surface area contributed by atoms with Crippen LogP contribution in [0.4, 0.5) is 0 Å². The number of nitrogens with two attached hydrogens (primary N) is 2. The second-order valence-corrected chi connectivity index (χ2v) is 7.50. The smallest absolute Gasteiger partial charge is 0.310 e. The Morgan fingerprint density at radius 1 is 1.00 bits per heavy atom. The molecule has 1 aliphatic carbocycles. The van der Waals surface area contributed by atoms with Gasteiger partial charge in [-0.25, -0.2) is 0 Å². The Hall–Kier alpha value is -3.64. The molecule has 0 heterocycles. The van der Waals surface area contributed by atoms with Gasteiger partial charge in [-0.1, -0.05) is 30.3 Å². The normalized spacial score (nSPS) is 11.5. The number of amides is 1. The van der Waals surface area contributed by atoms with Crippen LogP contribution in [-0.2, 0) is 22.4 Å². The van der Waals surface area contributed by atoms with E-state index in [0.717, 1.165) is 44.7 Å². The Morgan fingerprint density at radius 2 is 1.84 bits per heavy atom. The van der Waals surface area contributed by atoms with E-state index in [4.69, 9.17) is 20.9 Å². The van der Waals surface area contributed by atoms with Crippen LogP contribution in [0.1, 0.15) is 27.0 Å². The maximum atomic E-state index is 12.3. The van der Waals surface area contributed by atoms with Crippen molar-refractivity contribution in [2.75, 3.05) is 20.3 Å². The average Bonchev–Trinajstić information content (AvgIpc) is 3.14. The summed E-state index contributed by atoms with van der Waals surface area (Å²) in [5.41, 5.74) is 18.3. The highest BCUT2D eigenvalue weighted by Crippen LogP contribution is 2.41. The zero-order chi connectivity index (χ0) is 22.0. The van der Waals surface area contributed by atoms with Crippen LogP contribution in [0, 0.1) is 0 Å². The maximum Gasteiger partial charge on any atom is 0.310 e. The summed E-state index contributed by atoms with van der Waals surface area (Å²) in [4.78, 5) is 24.2. The van der Waals surface area contributed by atoms with E-state index in [2.05, 4.69) is 6.07 Å². The fourth-order valence-corrected chi connectivity index (χ4v) is 4.04. The third-order valence-electron chi connectivity index (χ3n) is 5.47. The minimum atomic E-state index is -0.459. The topological polar surface area (TPSA) is 105 Å². The number of methoxy groups -OCH3 is 1. The molecule has 0 atom stereocenters. The number of rotatable bonds is 7. The lowest BCUT2D eigenvalue weighted by molar-refractivity contribution is -0.142. The van der Waals surface area contributed by atoms with E-state index in [-0.39, 0.29) is 19.0 Å². The van der Waals surface area contributed by atoms with E-state index >= 15 is 0 Å². The number of carbonyl (C=O) groups is 2. The van der Waals surface area contributed by atoms with Crippen molar-refractivity contribution in [2.24, 2.45) is 11.5 Å². The van der Waals surface area contributed by atoms with E-state index in [1.165, 1.54) is 0 Å². The number of benzene rings is 3. The van der Waals surface area contributed by atoms with Gasteiger partial charge in [0.2, 0.25) is 5.91 Å². The second kappa shape index (κ2) is 8.62. The predicted molar refractivity (Wildman–Crippen MR) is 119 cm³/mol. The van der Waals surface area contributed by atoms with Crippen molar-refractivity contribution in [3.63, 3.8) is 0 Å². The zero-order valence-corrected chi connectivity index (χ0v) is 17.3. The third kappa shape index (κ3) is 4.15. The van der Waals surface area contributed by atoms with Crippen molar-refractivity contribution >= 4 is 11.9 Å². The van der Waals surface area contributed by atoms with Gasteiger partial charge >= 0.3 is 5.97 Å². The molecule has 6 nitrogen and oxygen atoms in total. The number of primary amides is 1. The molecule has 0 aliphatic heterocycles. The van der Waals surface area contributed by atoms with Gasteiger partial charge in [-0.2, -0.15) is 0 Å². The van der Waals surface area contributed by atoms with Crippen molar-refractivity contribution < 1.29 is 19.1 Å². The Morgan fingerprint density at radius 3 is 2.58 bits per heavy atom. The van der Waals surface area contributed by atoms with Crippen LogP contribution in [0.2, 0.25) is 0 Å². The number of hydrogen-bond acceptors (Lipinski definition) is 5. The highest BCUT2D eigenvalue weighted by molar-refractivity contribution is 6.00. The first-order chi connectivity index (χ1) is 15.0. The number of fused-ring (bicyclic) bond motifs is 3. The quantitative estimate of drug-likeness (QED) is 0.451. The average molecular weight is 416 g/mol. The molecule has 3 aromatic carbocycles. The molecular weight excluding hydrogens is 392 g/mol. The molecule has 0 unspecified atom stereocenters. The number of hydrogen-bond donors (Lipinski definition) is 2. The summed E-state index contributed by atoms with van der Waals surface area (Å²) in [6.45, 7) is 0.515. The van der Waals surface area contributed by atoms with E-state index in [9.17, 15) is 9.59 Å². The Balaban J connectivity index is 1.73. The molecule has 3 aromatic rings. The molecule has 0 bridgehead atoms. The largest absolute Gasteiger partial charge is 0.497 e. The van der Waals surface area contributed by atoms with Gasteiger partial charge in [0.25, 0.3) is 0 Å². The molecule has 4 rings (SSSR count). The second-order valence-electron chi connectivity index (χ2n) is 7.50. The summed E-state index contributed by atoms with van der Waals surface area (Å²) in [5.74, 6) is -0.0244. The first-order valence-electron chi connectivity index (χ1n) is 10.1. The summed E-state index contributed by atoms with van der Waals surface area (Å²) in [5, 5.41) is 0. The molecule has 0 fully saturated rings. The summed E-state index contributed by atoms with van der Waals surface area (Å²) >= 11 is 0. The van der Waals surface area contributed by atoms with Crippen molar-refractivity contribution in [3.8, 4) is 28.0 Å². The molecule has 6 heteroatoms. The summed E-state index contributed by atoms with van der Waals surface area (Å²) in [7, 11) is 1.62.